The third-order valence-corrected chi connectivity index (χ3v) is 3.34. The van der Waals surface area contributed by atoms with Gasteiger partial charge < -0.3 is 10.2 Å². The van der Waals surface area contributed by atoms with E-state index in [0.29, 0.717) is 6.04 Å². The normalized spacial score (nSPS) is 12.4. The lowest BCUT2D eigenvalue weighted by molar-refractivity contribution is 0.524. The molecule has 1 heterocycles. The number of hydrogen-bond acceptors (Lipinski definition) is 3. The molecule has 0 fully saturated rings. The summed E-state index contributed by atoms with van der Waals surface area (Å²) >= 11 is 0. The van der Waals surface area contributed by atoms with Gasteiger partial charge in [-0.1, -0.05) is 27.7 Å². The molecule has 0 radical (unpaired) electrons. The fourth-order valence-corrected chi connectivity index (χ4v) is 2.40. The van der Waals surface area contributed by atoms with Gasteiger partial charge in [-0.05, 0) is 37.9 Å². The van der Waals surface area contributed by atoms with Crippen molar-refractivity contribution in [2.75, 3.05) is 24.5 Å². The molecule has 0 amide bonds. The molecule has 0 bridgehead atoms. The Hall–Kier alpha value is -1.09. The fourth-order valence-electron chi connectivity index (χ4n) is 2.40. The van der Waals surface area contributed by atoms with Gasteiger partial charge in [0.25, 0.3) is 0 Å². The van der Waals surface area contributed by atoms with Gasteiger partial charge >= 0.3 is 0 Å². The zero-order valence-electron chi connectivity index (χ0n) is 12.9. The topological polar surface area (TPSA) is 28.2 Å². The maximum Gasteiger partial charge on any atom is 0.0574 e. The maximum absolute atomic E-state index is 4.65. The lowest BCUT2D eigenvalue weighted by atomic mass is 10.1. The zero-order chi connectivity index (χ0) is 14.1. The highest BCUT2D eigenvalue weighted by molar-refractivity contribution is 5.44. The Morgan fingerprint density at radius 3 is 2.21 bits per heavy atom. The summed E-state index contributed by atoms with van der Waals surface area (Å²) in [5.74, 6) is 0. The van der Waals surface area contributed by atoms with Crippen LogP contribution in [0.25, 0.3) is 0 Å². The van der Waals surface area contributed by atoms with Crippen molar-refractivity contribution in [3.8, 4) is 0 Å². The van der Waals surface area contributed by atoms with E-state index in [-0.39, 0.29) is 0 Å². The minimum Gasteiger partial charge on any atom is -0.370 e. The lowest BCUT2D eigenvalue weighted by Gasteiger charge is -2.24. The van der Waals surface area contributed by atoms with E-state index in [9.17, 15) is 0 Å². The van der Waals surface area contributed by atoms with Crippen molar-refractivity contribution < 1.29 is 0 Å². The molecule has 0 aliphatic carbocycles. The van der Waals surface area contributed by atoms with E-state index in [0.717, 1.165) is 31.7 Å². The molecule has 0 aliphatic heterocycles. The first-order valence-electron chi connectivity index (χ1n) is 7.70. The second kappa shape index (κ2) is 8.92. The van der Waals surface area contributed by atoms with E-state index in [1.165, 1.54) is 18.5 Å². The minimum absolute atomic E-state index is 0.379. The molecule has 1 atom stereocenters. The molecule has 0 spiro atoms. The van der Waals surface area contributed by atoms with Crippen LogP contribution < -0.4 is 10.2 Å². The molecular formula is C16H29N3. The van der Waals surface area contributed by atoms with Gasteiger partial charge in [0.1, 0.15) is 0 Å². The van der Waals surface area contributed by atoms with E-state index in [2.05, 4.69) is 55.0 Å². The average Bonchev–Trinajstić information content (AvgIpc) is 2.45. The molecular weight excluding hydrogens is 234 g/mol. The highest BCUT2D eigenvalue weighted by Gasteiger charge is 2.10. The number of nitrogens with one attached hydrogen (secondary N) is 1. The highest BCUT2D eigenvalue weighted by atomic mass is 15.1. The summed E-state index contributed by atoms with van der Waals surface area (Å²) in [5, 5.41) is 3.47. The first kappa shape index (κ1) is 16.0. The van der Waals surface area contributed by atoms with Crippen molar-refractivity contribution in [2.24, 2.45) is 0 Å². The first-order chi connectivity index (χ1) is 9.26. The molecule has 1 N–H and O–H groups in total. The molecule has 0 aliphatic rings. The smallest absolute Gasteiger partial charge is 0.0574 e. The summed E-state index contributed by atoms with van der Waals surface area (Å²) in [4.78, 5) is 7.07. The largest absolute Gasteiger partial charge is 0.370 e. The van der Waals surface area contributed by atoms with Gasteiger partial charge in [-0.2, -0.15) is 0 Å². The third-order valence-electron chi connectivity index (χ3n) is 3.34. The number of nitrogens with zero attached hydrogens (tertiary/aromatic N) is 2. The quantitative estimate of drug-likeness (QED) is 0.735. The van der Waals surface area contributed by atoms with Crippen LogP contribution in [0, 0.1) is 0 Å². The summed E-state index contributed by atoms with van der Waals surface area (Å²) in [6.45, 7) is 12.0. The lowest BCUT2D eigenvalue weighted by Crippen LogP contribution is -2.25. The maximum atomic E-state index is 4.65. The fraction of sp³-hybridized carbons (Fsp3) is 0.688. The summed E-state index contributed by atoms with van der Waals surface area (Å²) in [7, 11) is 0. The van der Waals surface area contributed by atoms with Gasteiger partial charge in [0.05, 0.1) is 17.6 Å². The second-order valence-corrected chi connectivity index (χ2v) is 4.95. The Morgan fingerprint density at radius 1 is 1.11 bits per heavy atom. The minimum atomic E-state index is 0.379. The highest BCUT2D eigenvalue weighted by Crippen LogP contribution is 2.19. The third kappa shape index (κ3) is 4.83. The summed E-state index contributed by atoms with van der Waals surface area (Å²) < 4.78 is 0. The van der Waals surface area contributed by atoms with E-state index < -0.39 is 0 Å². The molecule has 0 saturated carbocycles. The molecule has 3 heteroatoms. The van der Waals surface area contributed by atoms with Gasteiger partial charge in [-0.25, -0.2) is 0 Å². The predicted octanol–water partition coefficient (Wildman–Crippen LogP) is 3.77. The monoisotopic (exact) mass is 263 g/mol. The van der Waals surface area contributed by atoms with E-state index >= 15 is 0 Å². The van der Waals surface area contributed by atoms with Crippen LogP contribution in [-0.4, -0.2) is 24.6 Å². The van der Waals surface area contributed by atoms with Crippen LogP contribution >= 0.6 is 0 Å². The Balaban J connectivity index is 2.78. The Kier molecular flexibility index (Phi) is 7.49. The van der Waals surface area contributed by atoms with E-state index in [1.807, 2.05) is 6.20 Å². The van der Waals surface area contributed by atoms with Crippen LogP contribution in [0.1, 0.15) is 58.7 Å². The van der Waals surface area contributed by atoms with Crippen LogP contribution in [0.2, 0.25) is 0 Å². The average molecular weight is 263 g/mol. The molecule has 1 rings (SSSR count). The van der Waals surface area contributed by atoms with Gasteiger partial charge in [0.15, 0.2) is 0 Å². The Bertz CT molecular complexity index is 328. The standard InChI is InChI=1S/C16H29N3/c1-5-11-19(12-6-2)14-9-10-16(18-13-14)15(7-3)17-8-4/h9-10,13,15,17H,5-8,11-12H2,1-4H3. The summed E-state index contributed by atoms with van der Waals surface area (Å²) in [6, 6.07) is 4.77. The number of anilines is 1. The predicted molar refractivity (Wildman–Crippen MR) is 83.7 cm³/mol. The SMILES string of the molecule is CCCN(CCC)c1ccc(C(CC)NCC)nc1. The van der Waals surface area contributed by atoms with Crippen molar-refractivity contribution in [1.82, 2.24) is 10.3 Å². The van der Waals surface area contributed by atoms with E-state index in [1.54, 1.807) is 0 Å². The molecule has 1 aromatic rings. The van der Waals surface area contributed by atoms with Crippen molar-refractivity contribution in [3.63, 3.8) is 0 Å². The van der Waals surface area contributed by atoms with Crippen LogP contribution in [0.15, 0.2) is 18.3 Å². The summed E-state index contributed by atoms with van der Waals surface area (Å²) in [6.07, 6.45) is 5.46. The van der Waals surface area contributed by atoms with Crippen molar-refractivity contribution in [1.29, 1.82) is 0 Å². The molecule has 0 aromatic carbocycles. The van der Waals surface area contributed by atoms with Gasteiger partial charge in [0.2, 0.25) is 0 Å². The molecule has 19 heavy (non-hydrogen) atoms. The molecule has 1 aromatic heterocycles. The van der Waals surface area contributed by atoms with Gasteiger partial charge in [-0.15, -0.1) is 0 Å². The van der Waals surface area contributed by atoms with Crippen LogP contribution in [0.5, 0.6) is 0 Å². The molecule has 0 saturated heterocycles. The summed E-state index contributed by atoms with van der Waals surface area (Å²) in [5.41, 5.74) is 2.40. The molecule has 108 valence electrons. The van der Waals surface area contributed by atoms with Crippen LogP contribution in [0.4, 0.5) is 5.69 Å². The second-order valence-electron chi connectivity index (χ2n) is 4.95. The number of pyridine rings is 1. The van der Waals surface area contributed by atoms with Crippen LogP contribution in [-0.2, 0) is 0 Å². The molecule has 1 unspecified atom stereocenters. The number of rotatable bonds is 9. The van der Waals surface area contributed by atoms with Gasteiger partial charge in [-0.3, -0.25) is 4.98 Å². The van der Waals surface area contributed by atoms with Gasteiger partial charge in [0, 0.05) is 19.1 Å². The van der Waals surface area contributed by atoms with Crippen molar-refractivity contribution in [3.05, 3.63) is 24.0 Å². The van der Waals surface area contributed by atoms with E-state index in [4.69, 9.17) is 0 Å². The first-order valence-corrected chi connectivity index (χ1v) is 7.70. The Morgan fingerprint density at radius 2 is 1.79 bits per heavy atom. The zero-order valence-corrected chi connectivity index (χ0v) is 12.9. The van der Waals surface area contributed by atoms with Crippen LogP contribution in [0.3, 0.4) is 0 Å². The number of aromatic nitrogens is 1. The number of hydrogen-bond donors (Lipinski definition) is 1. The van der Waals surface area contributed by atoms with Crippen molar-refractivity contribution >= 4 is 5.69 Å². The Labute approximate surface area is 118 Å². The van der Waals surface area contributed by atoms with Crippen molar-refractivity contribution in [2.45, 2.75) is 53.0 Å². The molecule has 3 nitrogen and oxygen atoms in total.